The number of fused-ring (bicyclic) bond motifs is 1. The Hall–Kier alpha value is -1.61. The average molecular weight is 297 g/mol. The number of hydrogen-bond donors (Lipinski definition) is 0. The standard InChI is InChI=1S/C18H19NOS/c1-11-3-5-13(6-4-11)15-7-8-21-17(15)18(20)19-10-14-9-16(14)12(19)2/h3-8,12,14,16H,9-10H2,1-2H3/t12-,14-,16+/m0/s1. The highest BCUT2D eigenvalue weighted by Gasteiger charge is 2.52. The van der Waals surface area contributed by atoms with Gasteiger partial charge in [-0.05, 0) is 49.1 Å². The molecule has 2 aromatic rings. The van der Waals surface area contributed by atoms with Gasteiger partial charge in [0.1, 0.15) is 0 Å². The van der Waals surface area contributed by atoms with E-state index in [2.05, 4.69) is 49.1 Å². The summed E-state index contributed by atoms with van der Waals surface area (Å²) in [6.45, 7) is 5.24. The third-order valence-corrected chi connectivity index (χ3v) is 5.91. The van der Waals surface area contributed by atoms with Crippen LogP contribution < -0.4 is 0 Å². The van der Waals surface area contributed by atoms with Crippen molar-refractivity contribution in [2.75, 3.05) is 6.54 Å². The molecule has 0 bridgehead atoms. The highest BCUT2D eigenvalue weighted by molar-refractivity contribution is 7.12. The summed E-state index contributed by atoms with van der Waals surface area (Å²) in [4.78, 5) is 15.9. The molecule has 1 aliphatic carbocycles. The summed E-state index contributed by atoms with van der Waals surface area (Å²) in [5.41, 5.74) is 3.47. The molecule has 1 aromatic carbocycles. The van der Waals surface area contributed by atoms with Crippen LogP contribution in [0.3, 0.4) is 0 Å². The Morgan fingerprint density at radius 2 is 2.00 bits per heavy atom. The first-order chi connectivity index (χ1) is 10.1. The van der Waals surface area contributed by atoms with Gasteiger partial charge in [-0.2, -0.15) is 0 Å². The zero-order chi connectivity index (χ0) is 14.6. The SMILES string of the molecule is Cc1ccc(-c2ccsc2C(=O)N2C[C@@H]3C[C@@H]3[C@@H]2C)cc1. The Labute approximate surface area is 129 Å². The number of rotatable bonds is 2. The lowest BCUT2D eigenvalue weighted by atomic mass is 10.0. The highest BCUT2D eigenvalue weighted by atomic mass is 32.1. The summed E-state index contributed by atoms with van der Waals surface area (Å²) in [5.74, 6) is 1.75. The maximum absolute atomic E-state index is 12.9. The minimum atomic E-state index is 0.222. The molecule has 2 fully saturated rings. The lowest BCUT2D eigenvalue weighted by Crippen LogP contribution is -2.36. The quantitative estimate of drug-likeness (QED) is 0.813. The lowest BCUT2D eigenvalue weighted by molar-refractivity contribution is 0.0726. The summed E-state index contributed by atoms with van der Waals surface area (Å²) < 4.78 is 0. The number of benzene rings is 1. The van der Waals surface area contributed by atoms with E-state index in [0.717, 1.165) is 34.4 Å². The number of hydrogen-bond acceptors (Lipinski definition) is 2. The number of carbonyl (C=O) groups is 1. The van der Waals surface area contributed by atoms with E-state index in [1.165, 1.54) is 12.0 Å². The fourth-order valence-corrected chi connectivity index (χ4v) is 4.43. The second kappa shape index (κ2) is 4.70. The fraction of sp³-hybridized carbons (Fsp3) is 0.389. The fourth-order valence-electron chi connectivity index (χ4n) is 3.56. The van der Waals surface area contributed by atoms with Gasteiger partial charge in [-0.1, -0.05) is 29.8 Å². The molecule has 0 radical (unpaired) electrons. The number of thiophene rings is 1. The maximum Gasteiger partial charge on any atom is 0.264 e. The zero-order valence-electron chi connectivity index (χ0n) is 12.4. The first-order valence-electron chi connectivity index (χ1n) is 7.60. The third kappa shape index (κ3) is 2.11. The van der Waals surface area contributed by atoms with Gasteiger partial charge in [0.25, 0.3) is 5.91 Å². The minimum absolute atomic E-state index is 0.222. The minimum Gasteiger partial charge on any atom is -0.335 e. The third-order valence-electron chi connectivity index (χ3n) is 5.00. The molecule has 3 heteroatoms. The molecule has 0 spiro atoms. The number of carbonyl (C=O) groups excluding carboxylic acids is 1. The van der Waals surface area contributed by atoms with Gasteiger partial charge in [0.05, 0.1) is 4.88 Å². The summed E-state index contributed by atoms with van der Waals surface area (Å²) in [7, 11) is 0. The van der Waals surface area contributed by atoms with E-state index in [1.807, 2.05) is 5.38 Å². The van der Waals surface area contributed by atoms with Gasteiger partial charge >= 0.3 is 0 Å². The average Bonchev–Trinajstić information content (AvgIpc) is 2.95. The van der Waals surface area contributed by atoms with Crippen molar-refractivity contribution in [3.63, 3.8) is 0 Å². The van der Waals surface area contributed by atoms with Crippen LogP contribution in [0.15, 0.2) is 35.7 Å². The van der Waals surface area contributed by atoms with Crippen molar-refractivity contribution in [2.24, 2.45) is 11.8 Å². The smallest absolute Gasteiger partial charge is 0.264 e. The van der Waals surface area contributed by atoms with Gasteiger partial charge in [0.2, 0.25) is 0 Å². The first kappa shape index (κ1) is 13.1. The normalized spacial score (nSPS) is 26.8. The molecule has 108 valence electrons. The molecule has 4 rings (SSSR count). The molecule has 1 amide bonds. The Balaban J connectivity index is 1.65. The van der Waals surface area contributed by atoms with Crippen molar-refractivity contribution in [1.29, 1.82) is 0 Å². The van der Waals surface area contributed by atoms with E-state index < -0.39 is 0 Å². The summed E-state index contributed by atoms with van der Waals surface area (Å²) in [6.07, 6.45) is 1.32. The van der Waals surface area contributed by atoms with Gasteiger partial charge < -0.3 is 4.90 Å². The van der Waals surface area contributed by atoms with E-state index in [1.54, 1.807) is 11.3 Å². The zero-order valence-corrected chi connectivity index (χ0v) is 13.2. The van der Waals surface area contributed by atoms with Gasteiger partial charge in [0.15, 0.2) is 0 Å². The number of aryl methyl sites for hydroxylation is 1. The molecule has 1 saturated heterocycles. The van der Waals surface area contributed by atoms with Crippen LogP contribution in [0.25, 0.3) is 11.1 Å². The summed E-state index contributed by atoms with van der Waals surface area (Å²) in [5, 5.41) is 2.03. The van der Waals surface area contributed by atoms with Gasteiger partial charge in [-0.25, -0.2) is 0 Å². The van der Waals surface area contributed by atoms with Crippen molar-refractivity contribution >= 4 is 17.2 Å². The Kier molecular flexibility index (Phi) is 2.93. The molecule has 1 saturated carbocycles. The van der Waals surface area contributed by atoms with Crippen LogP contribution in [-0.4, -0.2) is 23.4 Å². The van der Waals surface area contributed by atoms with Gasteiger partial charge in [0, 0.05) is 18.2 Å². The molecular formula is C18H19NOS. The molecule has 3 atom stereocenters. The number of piperidine rings is 1. The van der Waals surface area contributed by atoms with Crippen LogP contribution in [0, 0.1) is 18.8 Å². The number of amides is 1. The second-order valence-electron chi connectivity index (χ2n) is 6.39. The number of likely N-dealkylation sites (tertiary alicyclic amines) is 1. The molecule has 2 aliphatic rings. The van der Waals surface area contributed by atoms with E-state index >= 15 is 0 Å². The molecule has 2 heterocycles. The molecule has 1 aromatic heterocycles. The number of nitrogens with zero attached hydrogens (tertiary/aromatic N) is 1. The van der Waals surface area contributed by atoms with Crippen LogP contribution in [0.2, 0.25) is 0 Å². The molecular weight excluding hydrogens is 278 g/mol. The van der Waals surface area contributed by atoms with Crippen molar-refractivity contribution in [1.82, 2.24) is 4.90 Å². The van der Waals surface area contributed by atoms with Gasteiger partial charge in [-0.3, -0.25) is 4.79 Å². The monoisotopic (exact) mass is 297 g/mol. The molecule has 0 N–H and O–H groups in total. The van der Waals surface area contributed by atoms with Crippen molar-refractivity contribution in [2.45, 2.75) is 26.3 Å². The topological polar surface area (TPSA) is 20.3 Å². The Morgan fingerprint density at radius 1 is 1.24 bits per heavy atom. The summed E-state index contributed by atoms with van der Waals surface area (Å²) >= 11 is 1.57. The van der Waals surface area contributed by atoms with E-state index in [9.17, 15) is 4.79 Å². The van der Waals surface area contributed by atoms with Crippen molar-refractivity contribution in [3.05, 3.63) is 46.2 Å². The van der Waals surface area contributed by atoms with E-state index in [0.29, 0.717) is 6.04 Å². The summed E-state index contributed by atoms with van der Waals surface area (Å²) in [6, 6.07) is 10.9. The largest absolute Gasteiger partial charge is 0.335 e. The van der Waals surface area contributed by atoms with E-state index in [-0.39, 0.29) is 5.91 Å². The molecule has 1 aliphatic heterocycles. The van der Waals surface area contributed by atoms with Crippen molar-refractivity contribution < 1.29 is 4.79 Å². The Morgan fingerprint density at radius 3 is 2.67 bits per heavy atom. The van der Waals surface area contributed by atoms with E-state index in [4.69, 9.17) is 0 Å². The predicted octanol–water partition coefficient (Wildman–Crippen LogP) is 4.20. The molecule has 2 nitrogen and oxygen atoms in total. The van der Waals surface area contributed by atoms with Crippen molar-refractivity contribution in [3.8, 4) is 11.1 Å². The van der Waals surface area contributed by atoms with Crippen LogP contribution in [0.5, 0.6) is 0 Å². The van der Waals surface area contributed by atoms with Crippen LogP contribution in [0.1, 0.15) is 28.6 Å². The van der Waals surface area contributed by atoms with Gasteiger partial charge in [-0.15, -0.1) is 11.3 Å². The van der Waals surface area contributed by atoms with Crippen LogP contribution >= 0.6 is 11.3 Å². The lowest BCUT2D eigenvalue weighted by Gasteiger charge is -2.24. The highest BCUT2D eigenvalue weighted by Crippen LogP contribution is 2.50. The maximum atomic E-state index is 12.9. The molecule has 21 heavy (non-hydrogen) atoms. The second-order valence-corrected chi connectivity index (χ2v) is 7.30. The first-order valence-corrected chi connectivity index (χ1v) is 8.48. The van der Waals surface area contributed by atoms with Crippen LogP contribution in [0.4, 0.5) is 0 Å². The van der Waals surface area contributed by atoms with Crippen LogP contribution in [-0.2, 0) is 0 Å². The molecule has 0 unspecified atom stereocenters. The predicted molar refractivity (Wildman–Crippen MR) is 86.6 cm³/mol. The Bertz CT molecular complexity index is 687.